The van der Waals surface area contributed by atoms with Crippen LogP contribution in [-0.2, 0) is 4.79 Å². The molecule has 2 amide bonds. The summed E-state index contributed by atoms with van der Waals surface area (Å²) in [6, 6.07) is 14.5. The average Bonchev–Trinajstić information content (AvgIpc) is 2.71. The third-order valence-corrected chi connectivity index (χ3v) is 4.90. The third-order valence-electron chi connectivity index (χ3n) is 4.41. The Bertz CT molecular complexity index is 819. The summed E-state index contributed by atoms with van der Waals surface area (Å²) in [7, 11) is 1.56. The van der Waals surface area contributed by atoms with E-state index in [-0.39, 0.29) is 18.4 Å². The first-order chi connectivity index (χ1) is 13.1. The van der Waals surface area contributed by atoms with Crippen LogP contribution in [0.25, 0.3) is 0 Å². The molecule has 142 valence electrons. The maximum Gasteiger partial charge on any atom is 0.260 e. The molecule has 0 radical (unpaired) electrons. The molecule has 1 fully saturated rings. The molecule has 2 aromatic rings. The van der Waals surface area contributed by atoms with Crippen LogP contribution in [0.4, 0.5) is 0 Å². The van der Waals surface area contributed by atoms with E-state index >= 15 is 0 Å². The maximum absolute atomic E-state index is 12.6. The third kappa shape index (κ3) is 4.80. The molecule has 0 bridgehead atoms. The minimum absolute atomic E-state index is 0.0197. The van der Waals surface area contributed by atoms with Gasteiger partial charge in [0.25, 0.3) is 11.8 Å². The zero-order chi connectivity index (χ0) is 19.2. The van der Waals surface area contributed by atoms with E-state index in [0.29, 0.717) is 43.2 Å². The molecule has 1 heterocycles. The highest BCUT2D eigenvalue weighted by atomic mass is 79.9. The van der Waals surface area contributed by atoms with E-state index in [1.807, 2.05) is 24.3 Å². The van der Waals surface area contributed by atoms with Crippen molar-refractivity contribution in [3.05, 3.63) is 58.6 Å². The van der Waals surface area contributed by atoms with Crippen molar-refractivity contribution in [3.63, 3.8) is 0 Å². The number of rotatable bonds is 5. The van der Waals surface area contributed by atoms with Gasteiger partial charge in [0.05, 0.1) is 7.11 Å². The summed E-state index contributed by atoms with van der Waals surface area (Å²) in [6.45, 7) is 1.94. The van der Waals surface area contributed by atoms with Gasteiger partial charge in [0.15, 0.2) is 18.1 Å². The fourth-order valence-corrected chi connectivity index (χ4v) is 3.33. The van der Waals surface area contributed by atoms with Crippen LogP contribution in [0, 0.1) is 0 Å². The molecule has 6 nitrogen and oxygen atoms in total. The zero-order valence-electron chi connectivity index (χ0n) is 15.1. The van der Waals surface area contributed by atoms with Crippen LogP contribution >= 0.6 is 15.9 Å². The molecule has 0 unspecified atom stereocenters. The van der Waals surface area contributed by atoms with Crippen LogP contribution in [-0.4, -0.2) is 61.5 Å². The highest BCUT2D eigenvalue weighted by Crippen LogP contribution is 2.25. The lowest BCUT2D eigenvalue weighted by atomic mass is 10.2. The number of benzene rings is 2. The van der Waals surface area contributed by atoms with Crippen molar-refractivity contribution in [2.45, 2.75) is 0 Å². The van der Waals surface area contributed by atoms with Crippen LogP contribution in [0.5, 0.6) is 11.5 Å². The van der Waals surface area contributed by atoms with Crippen molar-refractivity contribution in [2.75, 3.05) is 39.9 Å². The molecule has 0 aliphatic carbocycles. The summed E-state index contributed by atoms with van der Waals surface area (Å²) in [6.07, 6.45) is 0. The lowest BCUT2D eigenvalue weighted by Gasteiger charge is -2.34. The molecule has 0 aromatic heterocycles. The molecular formula is C20H21BrN2O4. The predicted molar refractivity (Wildman–Crippen MR) is 105 cm³/mol. The number of piperazine rings is 1. The Balaban J connectivity index is 1.51. The van der Waals surface area contributed by atoms with Crippen LogP contribution < -0.4 is 9.47 Å². The molecule has 0 saturated carbocycles. The number of ether oxygens (including phenoxy) is 2. The SMILES string of the molecule is COc1ccccc1OCC(=O)N1CCN(C(=O)c2cccc(Br)c2)CC1. The summed E-state index contributed by atoms with van der Waals surface area (Å²) in [5.41, 5.74) is 0.642. The van der Waals surface area contributed by atoms with Gasteiger partial charge in [0, 0.05) is 36.2 Å². The maximum atomic E-state index is 12.6. The van der Waals surface area contributed by atoms with Gasteiger partial charge in [-0.05, 0) is 30.3 Å². The molecule has 1 aliphatic heterocycles. The molecule has 27 heavy (non-hydrogen) atoms. The van der Waals surface area contributed by atoms with Crippen molar-refractivity contribution < 1.29 is 19.1 Å². The Morgan fingerprint density at radius 2 is 1.63 bits per heavy atom. The Labute approximate surface area is 166 Å². The van der Waals surface area contributed by atoms with Crippen molar-refractivity contribution in [1.82, 2.24) is 9.80 Å². The van der Waals surface area contributed by atoms with Gasteiger partial charge < -0.3 is 19.3 Å². The first-order valence-electron chi connectivity index (χ1n) is 8.67. The van der Waals surface area contributed by atoms with Crippen LogP contribution in [0.2, 0.25) is 0 Å². The van der Waals surface area contributed by atoms with Gasteiger partial charge in [0.1, 0.15) is 0 Å². The second kappa shape index (κ2) is 8.90. The van der Waals surface area contributed by atoms with E-state index in [1.165, 1.54) is 0 Å². The largest absolute Gasteiger partial charge is 0.493 e. The molecule has 0 atom stereocenters. The minimum Gasteiger partial charge on any atom is -0.493 e. The average molecular weight is 433 g/mol. The highest BCUT2D eigenvalue weighted by molar-refractivity contribution is 9.10. The van der Waals surface area contributed by atoms with E-state index in [4.69, 9.17) is 9.47 Å². The summed E-state index contributed by atoms with van der Waals surface area (Å²) < 4.78 is 11.7. The highest BCUT2D eigenvalue weighted by Gasteiger charge is 2.25. The summed E-state index contributed by atoms with van der Waals surface area (Å²) >= 11 is 3.38. The molecular weight excluding hydrogens is 412 g/mol. The molecule has 1 aliphatic rings. The predicted octanol–water partition coefficient (Wildman–Crippen LogP) is 2.82. The normalized spacial score (nSPS) is 14.0. The zero-order valence-corrected chi connectivity index (χ0v) is 16.6. The van der Waals surface area contributed by atoms with Gasteiger partial charge in [-0.3, -0.25) is 9.59 Å². The van der Waals surface area contributed by atoms with Crippen LogP contribution in [0.3, 0.4) is 0 Å². The van der Waals surface area contributed by atoms with E-state index in [2.05, 4.69) is 15.9 Å². The number of methoxy groups -OCH3 is 1. The molecule has 3 rings (SSSR count). The van der Waals surface area contributed by atoms with Gasteiger partial charge >= 0.3 is 0 Å². The topological polar surface area (TPSA) is 59.1 Å². The smallest absolute Gasteiger partial charge is 0.260 e. The number of halogens is 1. The number of nitrogens with zero attached hydrogens (tertiary/aromatic N) is 2. The standard InChI is InChI=1S/C20H21BrN2O4/c1-26-17-7-2-3-8-18(17)27-14-19(24)22-9-11-23(12-10-22)20(25)15-5-4-6-16(21)13-15/h2-8,13H,9-12,14H2,1H3. The van der Waals surface area contributed by atoms with Gasteiger partial charge in [-0.15, -0.1) is 0 Å². The number of hydrogen-bond donors (Lipinski definition) is 0. The minimum atomic E-state index is -0.101. The lowest BCUT2D eigenvalue weighted by molar-refractivity contribution is -0.134. The Morgan fingerprint density at radius 3 is 2.30 bits per heavy atom. The van der Waals surface area contributed by atoms with Crippen molar-refractivity contribution in [3.8, 4) is 11.5 Å². The number of hydrogen-bond acceptors (Lipinski definition) is 4. The number of carbonyl (C=O) groups is 2. The van der Waals surface area contributed by atoms with Gasteiger partial charge in [-0.1, -0.05) is 34.1 Å². The van der Waals surface area contributed by atoms with Crippen molar-refractivity contribution in [2.24, 2.45) is 0 Å². The molecule has 1 saturated heterocycles. The van der Waals surface area contributed by atoms with E-state index in [9.17, 15) is 9.59 Å². The van der Waals surface area contributed by atoms with E-state index < -0.39 is 0 Å². The number of amides is 2. The summed E-state index contributed by atoms with van der Waals surface area (Å²) in [5, 5.41) is 0. The fourth-order valence-electron chi connectivity index (χ4n) is 2.93. The molecule has 0 N–H and O–H groups in total. The fraction of sp³-hybridized carbons (Fsp3) is 0.300. The summed E-state index contributed by atoms with van der Waals surface area (Å²) in [4.78, 5) is 28.5. The quantitative estimate of drug-likeness (QED) is 0.728. The van der Waals surface area contributed by atoms with Crippen molar-refractivity contribution >= 4 is 27.7 Å². The van der Waals surface area contributed by atoms with E-state index in [1.54, 1.807) is 41.2 Å². The second-order valence-corrected chi connectivity index (χ2v) is 7.04. The van der Waals surface area contributed by atoms with Gasteiger partial charge in [-0.25, -0.2) is 0 Å². The second-order valence-electron chi connectivity index (χ2n) is 6.12. The molecule has 0 spiro atoms. The monoisotopic (exact) mass is 432 g/mol. The van der Waals surface area contributed by atoms with Crippen molar-refractivity contribution in [1.29, 1.82) is 0 Å². The van der Waals surface area contributed by atoms with E-state index in [0.717, 1.165) is 4.47 Å². The Hall–Kier alpha value is -2.54. The van der Waals surface area contributed by atoms with Crippen LogP contribution in [0.1, 0.15) is 10.4 Å². The van der Waals surface area contributed by atoms with Crippen LogP contribution in [0.15, 0.2) is 53.0 Å². The molecule has 2 aromatic carbocycles. The Kier molecular flexibility index (Phi) is 6.34. The molecule has 7 heteroatoms. The lowest BCUT2D eigenvalue weighted by Crippen LogP contribution is -2.51. The first-order valence-corrected chi connectivity index (χ1v) is 9.46. The van der Waals surface area contributed by atoms with Gasteiger partial charge in [-0.2, -0.15) is 0 Å². The van der Waals surface area contributed by atoms with Gasteiger partial charge in [0.2, 0.25) is 0 Å². The Morgan fingerprint density at radius 1 is 0.963 bits per heavy atom. The summed E-state index contributed by atoms with van der Waals surface area (Å²) in [5.74, 6) is 1.01. The number of carbonyl (C=O) groups excluding carboxylic acids is 2. The first kappa shape index (κ1) is 19.2. The number of para-hydroxylation sites is 2.